The smallest absolute Gasteiger partial charge is 0.255 e. The number of hydrogen-bond donors (Lipinski definition) is 0. The molecule has 0 unspecified atom stereocenters. The van der Waals surface area contributed by atoms with Gasteiger partial charge in [-0.15, -0.1) is 0 Å². The zero-order chi connectivity index (χ0) is 21.8. The molecule has 2 saturated heterocycles. The van der Waals surface area contributed by atoms with E-state index in [1.54, 1.807) is 4.90 Å². The predicted molar refractivity (Wildman–Crippen MR) is 123 cm³/mol. The summed E-state index contributed by atoms with van der Waals surface area (Å²) in [5, 5.41) is 0.300. The fourth-order valence-electron chi connectivity index (χ4n) is 4.54. The summed E-state index contributed by atoms with van der Waals surface area (Å²) in [5.74, 6) is 0.367. The first-order chi connectivity index (χ1) is 14.9. The van der Waals surface area contributed by atoms with Crippen LogP contribution in [0.3, 0.4) is 0 Å². The Morgan fingerprint density at radius 1 is 0.935 bits per heavy atom. The number of hydrogen-bond acceptors (Lipinski definition) is 3. The summed E-state index contributed by atoms with van der Waals surface area (Å²) < 4.78 is 27.6. The second-order valence-corrected chi connectivity index (χ2v) is 10.9. The molecule has 0 aliphatic carbocycles. The van der Waals surface area contributed by atoms with Crippen LogP contribution in [-0.4, -0.2) is 49.7 Å². The molecule has 31 heavy (non-hydrogen) atoms. The molecule has 0 N–H and O–H groups in total. The zero-order valence-corrected chi connectivity index (χ0v) is 19.2. The topological polar surface area (TPSA) is 57.7 Å². The molecular weight excluding hydrogens is 432 g/mol. The van der Waals surface area contributed by atoms with Gasteiger partial charge in [-0.2, -0.15) is 4.31 Å². The first-order valence-corrected chi connectivity index (χ1v) is 12.9. The monoisotopic (exact) mass is 460 g/mol. The maximum atomic E-state index is 13.2. The molecule has 4 rings (SSSR count). The van der Waals surface area contributed by atoms with Gasteiger partial charge in [0.2, 0.25) is 10.0 Å². The third-order valence-electron chi connectivity index (χ3n) is 6.39. The first-order valence-electron chi connectivity index (χ1n) is 11.1. The van der Waals surface area contributed by atoms with E-state index in [1.807, 2.05) is 6.07 Å². The van der Waals surface area contributed by atoms with Crippen LogP contribution in [0.4, 0.5) is 0 Å². The quantitative estimate of drug-likeness (QED) is 0.654. The molecule has 2 fully saturated rings. The van der Waals surface area contributed by atoms with Crippen molar-refractivity contribution in [2.45, 2.75) is 43.4 Å². The molecule has 1 amide bonds. The Bertz CT molecular complexity index is 1010. The van der Waals surface area contributed by atoms with Gasteiger partial charge in [-0.1, -0.05) is 48.4 Å². The molecular formula is C24H29ClN2O3S. The second-order valence-electron chi connectivity index (χ2n) is 8.53. The number of carbonyl (C=O) groups excluding carboxylic acids is 1. The number of sulfonamides is 1. The van der Waals surface area contributed by atoms with Gasteiger partial charge in [0, 0.05) is 26.2 Å². The molecule has 5 nitrogen and oxygen atoms in total. The van der Waals surface area contributed by atoms with E-state index >= 15 is 0 Å². The van der Waals surface area contributed by atoms with Crippen LogP contribution < -0.4 is 0 Å². The molecule has 0 atom stereocenters. The van der Waals surface area contributed by atoms with Gasteiger partial charge in [-0.05, 0) is 61.8 Å². The van der Waals surface area contributed by atoms with Crippen LogP contribution in [0.5, 0.6) is 0 Å². The molecule has 2 aromatic carbocycles. The average molecular weight is 461 g/mol. The van der Waals surface area contributed by atoms with Crippen LogP contribution in [0.2, 0.25) is 5.02 Å². The summed E-state index contributed by atoms with van der Waals surface area (Å²) in [7, 11) is -3.60. The van der Waals surface area contributed by atoms with Crippen molar-refractivity contribution in [2.75, 3.05) is 26.2 Å². The standard InChI is InChI=1S/C24H29ClN2O3S/c25-23-10-9-21(31(29,30)27-13-5-2-6-14-27)18-22(23)24(28)26-15-11-20(12-16-26)17-19-7-3-1-4-8-19/h1,3-4,7-10,18,20H,2,5-6,11-17H2. The average Bonchev–Trinajstić information content (AvgIpc) is 2.80. The van der Waals surface area contributed by atoms with Gasteiger partial charge in [-0.25, -0.2) is 8.42 Å². The number of likely N-dealkylation sites (tertiary alicyclic amines) is 1. The molecule has 0 aromatic heterocycles. The minimum Gasteiger partial charge on any atom is -0.339 e. The normalized spacial score (nSPS) is 18.8. The Balaban J connectivity index is 1.44. The summed E-state index contributed by atoms with van der Waals surface area (Å²) in [6.07, 6.45) is 5.69. The Kier molecular flexibility index (Phi) is 6.99. The van der Waals surface area contributed by atoms with Crippen LogP contribution in [0.15, 0.2) is 53.4 Å². The molecule has 7 heteroatoms. The highest BCUT2D eigenvalue weighted by Gasteiger charge is 2.29. The van der Waals surface area contributed by atoms with Crippen molar-refractivity contribution in [1.82, 2.24) is 9.21 Å². The Morgan fingerprint density at radius 3 is 2.29 bits per heavy atom. The van der Waals surface area contributed by atoms with Gasteiger partial charge >= 0.3 is 0 Å². The summed E-state index contributed by atoms with van der Waals surface area (Å²) in [6, 6.07) is 14.9. The Hall–Kier alpha value is -1.89. The van der Waals surface area contributed by atoms with Crippen LogP contribution >= 0.6 is 11.6 Å². The van der Waals surface area contributed by atoms with E-state index in [9.17, 15) is 13.2 Å². The molecule has 2 aliphatic heterocycles. The lowest BCUT2D eigenvalue weighted by Gasteiger charge is -2.32. The number of amides is 1. The van der Waals surface area contributed by atoms with E-state index in [4.69, 9.17) is 11.6 Å². The molecule has 2 aliphatic rings. The Labute approximate surface area is 190 Å². The van der Waals surface area contributed by atoms with Gasteiger partial charge in [0.25, 0.3) is 5.91 Å². The molecule has 2 aromatic rings. The van der Waals surface area contributed by atoms with Crippen molar-refractivity contribution in [2.24, 2.45) is 5.92 Å². The van der Waals surface area contributed by atoms with E-state index < -0.39 is 10.0 Å². The van der Waals surface area contributed by atoms with Crippen molar-refractivity contribution in [1.29, 1.82) is 0 Å². The zero-order valence-electron chi connectivity index (χ0n) is 17.7. The van der Waals surface area contributed by atoms with Crippen molar-refractivity contribution in [3.8, 4) is 0 Å². The SMILES string of the molecule is O=C(c1cc(S(=O)(=O)N2CCCCC2)ccc1Cl)N1CCC(Cc2ccccc2)CC1. The number of piperidine rings is 2. The molecule has 166 valence electrons. The number of rotatable bonds is 5. The van der Waals surface area contributed by atoms with Gasteiger partial charge in [0.05, 0.1) is 15.5 Å². The molecule has 0 saturated carbocycles. The van der Waals surface area contributed by atoms with Crippen molar-refractivity contribution < 1.29 is 13.2 Å². The second kappa shape index (κ2) is 9.72. The number of nitrogens with zero attached hydrogens (tertiary/aromatic N) is 2. The third kappa shape index (κ3) is 5.13. The van der Waals surface area contributed by atoms with Crippen LogP contribution in [0.1, 0.15) is 48.0 Å². The van der Waals surface area contributed by atoms with Crippen LogP contribution in [0, 0.1) is 5.92 Å². The molecule has 0 radical (unpaired) electrons. The van der Waals surface area contributed by atoms with E-state index in [-0.39, 0.29) is 16.4 Å². The number of carbonyl (C=O) groups is 1. The molecule has 0 spiro atoms. The highest BCUT2D eigenvalue weighted by atomic mass is 35.5. The fourth-order valence-corrected chi connectivity index (χ4v) is 6.28. The highest BCUT2D eigenvalue weighted by Crippen LogP contribution is 2.28. The third-order valence-corrected chi connectivity index (χ3v) is 8.61. The predicted octanol–water partition coefficient (Wildman–Crippen LogP) is 4.61. The van der Waals surface area contributed by atoms with Gasteiger partial charge in [0.1, 0.15) is 0 Å². The largest absolute Gasteiger partial charge is 0.339 e. The van der Waals surface area contributed by atoms with Crippen molar-refractivity contribution in [3.05, 3.63) is 64.7 Å². The lowest BCUT2D eigenvalue weighted by molar-refractivity contribution is 0.0690. The van der Waals surface area contributed by atoms with E-state index in [2.05, 4.69) is 24.3 Å². The summed E-state index contributed by atoms with van der Waals surface area (Å²) in [4.78, 5) is 15.1. The van der Waals surface area contributed by atoms with Crippen LogP contribution in [-0.2, 0) is 16.4 Å². The van der Waals surface area contributed by atoms with E-state index in [0.29, 0.717) is 37.1 Å². The van der Waals surface area contributed by atoms with Gasteiger partial charge in [-0.3, -0.25) is 4.79 Å². The van der Waals surface area contributed by atoms with Crippen molar-refractivity contribution in [3.63, 3.8) is 0 Å². The van der Waals surface area contributed by atoms with Gasteiger partial charge < -0.3 is 4.90 Å². The minimum atomic E-state index is -3.60. The lowest BCUT2D eigenvalue weighted by atomic mass is 9.90. The highest BCUT2D eigenvalue weighted by molar-refractivity contribution is 7.89. The summed E-state index contributed by atoms with van der Waals surface area (Å²) in [6.45, 7) is 2.39. The van der Waals surface area contributed by atoms with E-state index in [0.717, 1.165) is 38.5 Å². The summed E-state index contributed by atoms with van der Waals surface area (Å²) in [5.41, 5.74) is 1.60. The Morgan fingerprint density at radius 2 is 1.61 bits per heavy atom. The maximum absolute atomic E-state index is 13.2. The van der Waals surface area contributed by atoms with Gasteiger partial charge in [0.15, 0.2) is 0 Å². The first kappa shape index (κ1) is 22.3. The minimum absolute atomic E-state index is 0.154. The summed E-state index contributed by atoms with van der Waals surface area (Å²) >= 11 is 6.33. The lowest BCUT2D eigenvalue weighted by Crippen LogP contribution is -2.39. The van der Waals surface area contributed by atoms with Crippen LogP contribution in [0.25, 0.3) is 0 Å². The molecule has 2 heterocycles. The van der Waals surface area contributed by atoms with Crippen molar-refractivity contribution >= 4 is 27.5 Å². The number of benzene rings is 2. The van der Waals surface area contributed by atoms with E-state index in [1.165, 1.54) is 28.1 Å². The molecule has 0 bridgehead atoms. The maximum Gasteiger partial charge on any atom is 0.255 e. The number of halogens is 1. The fraction of sp³-hybridized carbons (Fsp3) is 0.458.